The van der Waals surface area contributed by atoms with Gasteiger partial charge in [-0.3, -0.25) is 4.79 Å². The highest BCUT2D eigenvalue weighted by Crippen LogP contribution is 2.16. The molecular weight excluding hydrogens is 349 g/mol. The SMILES string of the molecule is O=C(/C=C/c1ccc(Cl)cc1)NCCSCc1cccc(Cl)c1. The number of nitrogens with one attached hydrogen (secondary N) is 1. The van der Waals surface area contributed by atoms with E-state index in [2.05, 4.69) is 5.32 Å². The summed E-state index contributed by atoms with van der Waals surface area (Å²) in [7, 11) is 0. The number of carbonyl (C=O) groups is 1. The third-order valence-corrected chi connectivity index (χ3v) is 4.52. The summed E-state index contributed by atoms with van der Waals surface area (Å²) in [5, 5.41) is 4.30. The second kappa shape index (κ2) is 9.66. The van der Waals surface area contributed by atoms with Crippen LogP contribution in [0.25, 0.3) is 6.08 Å². The number of hydrogen-bond donors (Lipinski definition) is 1. The lowest BCUT2D eigenvalue weighted by molar-refractivity contribution is -0.116. The third kappa shape index (κ3) is 7.12. The molecule has 0 fully saturated rings. The minimum atomic E-state index is -0.0942. The van der Waals surface area contributed by atoms with Crippen LogP contribution in [0.15, 0.2) is 54.6 Å². The highest BCUT2D eigenvalue weighted by atomic mass is 35.5. The highest BCUT2D eigenvalue weighted by Gasteiger charge is 1.97. The van der Waals surface area contributed by atoms with Gasteiger partial charge in [-0.05, 0) is 41.5 Å². The molecule has 0 heterocycles. The average molecular weight is 366 g/mol. The zero-order valence-electron chi connectivity index (χ0n) is 12.5. The van der Waals surface area contributed by atoms with Crippen molar-refractivity contribution in [3.63, 3.8) is 0 Å². The minimum Gasteiger partial charge on any atom is -0.352 e. The van der Waals surface area contributed by atoms with Gasteiger partial charge in [-0.2, -0.15) is 11.8 Å². The Balaban J connectivity index is 1.64. The Bertz CT molecular complexity index is 671. The summed E-state index contributed by atoms with van der Waals surface area (Å²) in [6.07, 6.45) is 3.30. The largest absolute Gasteiger partial charge is 0.352 e. The van der Waals surface area contributed by atoms with E-state index in [0.29, 0.717) is 11.6 Å². The Kier molecular flexibility index (Phi) is 7.53. The molecule has 2 rings (SSSR count). The van der Waals surface area contributed by atoms with Crippen LogP contribution < -0.4 is 5.32 Å². The fraction of sp³-hybridized carbons (Fsp3) is 0.167. The lowest BCUT2D eigenvalue weighted by Gasteiger charge is -2.03. The molecule has 2 aromatic carbocycles. The van der Waals surface area contributed by atoms with E-state index in [0.717, 1.165) is 22.1 Å². The molecule has 1 N–H and O–H groups in total. The lowest BCUT2D eigenvalue weighted by atomic mass is 10.2. The van der Waals surface area contributed by atoms with Gasteiger partial charge in [-0.15, -0.1) is 0 Å². The molecule has 0 spiro atoms. The van der Waals surface area contributed by atoms with E-state index in [9.17, 15) is 4.79 Å². The number of thioether (sulfide) groups is 1. The molecule has 0 atom stereocenters. The van der Waals surface area contributed by atoms with Gasteiger partial charge in [-0.25, -0.2) is 0 Å². The first-order valence-electron chi connectivity index (χ1n) is 7.17. The summed E-state index contributed by atoms with van der Waals surface area (Å²) >= 11 is 13.5. The Morgan fingerprint density at radius 1 is 1.09 bits per heavy atom. The molecular formula is C18H17Cl2NOS. The first kappa shape index (κ1) is 17.9. The van der Waals surface area contributed by atoms with Crippen LogP contribution in [0.3, 0.4) is 0 Å². The monoisotopic (exact) mass is 365 g/mol. The average Bonchev–Trinajstić information content (AvgIpc) is 2.54. The van der Waals surface area contributed by atoms with Crippen LogP contribution in [0.2, 0.25) is 10.0 Å². The second-order valence-electron chi connectivity index (χ2n) is 4.86. The predicted molar refractivity (Wildman–Crippen MR) is 101 cm³/mol. The molecule has 2 nitrogen and oxygen atoms in total. The van der Waals surface area contributed by atoms with Gasteiger partial charge in [0.25, 0.3) is 0 Å². The summed E-state index contributed by atoms with van der Waals surface area (Å²) in [5.74, 6) is 1.65. The first-order valence-corrected chi connectivity index (χ1v) is 9.08. The minimum absolute atomic E-state index is 0.0942. The molecule has 0 aromatic heterocycles. The van der Waals surface area contributed by atoms with Gasteiger partial charge in [-0.1, -0.05) is 47.5 Å². The van der Waals surface area contributed by atoms with Crippen LogP contribution in [0, 0.1) is 0 Å². The zero-order chi connectivity index (χ0) is 16.5. The maximum atomic E-state index is 11.7. The first-order chi connectivity index (χ1) is 11.1. The molecule has 0 aliphatic heterocycles. The van der Waals surface area contributed by atoms with Gasteiger partial charge >= 0.3 is 0 Å². The van der Waals surface area contributed by atoms with Gasteiger partial charge in [0.05, 0.1) is 0 Å². The summed E-state index contributed by atoms with van der Waals surface area (Å²) in [5.41, 5.74) is 2.14. The number of amides is 1. The Hall–Kier alpha value is -1.42. The van der Waals surface area contributed by atoms with Crippen LogP contribution in [0.1, 0.15) is 11.1 Å². The lowest BCUT2D eigenvalue weighted by Crippen LogP contribution is -2.23. The standard InChI is InChI=1S/C18H17Cl2NOS/c19-16-7-4-14(5-8-16)6-9-18(22)21-10-11-23-13-15-2-1-3-17(20)12-15/h1-9,12H,10-11,13H2,(H,21,22)/b9-6+. The van der Waals surface area contributed by atoms with Gasteiger partial charge < -0.3 is 5.32 Å². The van der Waals surface area contributed by atoms with E-state index in [1.165, 1.54) is 11.6 Å². The summed E-state index contributed by atoms with van der Waals surface area (Å²) in [4.78, 5) is 11.7. The van der Waals surface area contributed by atoms with E-state index >= 15 is 0 Å². The highest BCUT2D eigenvalue weighted by molar-refractivity contribution is 7.98. The number of benzene rings is 2. The Morgan fingerprint density at radius 3 is 2.61 bits per heavy atom. The molecule has 120 valence electrons. The summed E-state index contributed by atoms with van der Waals surface area (Å²) in [6.45, 7) is 0.634. The molecule has 0 aliphatic rings. The van der Waals surface area contributed by atoms with Crippen molar-refractivity contribution < 1.29 is 4.79 Å². The van der Waals surface area contributed by atoms with Crippen molar-refractivity contribution in [3.05, 3.63) is 75.8 Å². The van der Waals surface area contributed by atoms with Crippen molar-refractivity contribution in [3.8, 4) is 0 Å². The number of rotatable bonds is 7. The smallest absolute Gasteiger partial charge is 0.244 e. The molecule has 5 heteroatoms. The van der Waals surface area contributed by atoms with Gasteiger partial charge in [0.1, 0.15) is 0 Å². The quantitative estimate of drug-likeness (QED) is 0.548. The van der Waals surface area contributed by atoms with E-state index in [-0.39, 0.29) is 5.91 Å². The van der Waals surface area contributed by atoms with Gasteiger partial charge in [0.15, 0.2) is 0 Å². The predicted octanol–water partition coefficient (Wildman–Crippen LogP) is 5.06. The zero-order valence-corrected chi connectivity index (χ0v) is 14.8. The molecule has 0 saturated carbocycles. The molecule has 1 amide bonds. The van der Waals surface area contributed by atoms with E-state index in [4.69, 9.17) is 23.2 Å². The summed E-state index contributed by atoms with van der Waals surface area (Å²) < 4.78 is 0. The normalized spacial score (nSPS) is 10.9. The van der Waals surface area contributed by atoms with Crippen molar-refractivity contribution in [1.29, 1.82) is 0 Å². The number of hydrogen-bond acceptors (Lipinski definition) is 2. The van der Waals surface area contributed by atoms with Crippen LogP contribution in [0.5, 0.6) is 0 Å². The third-order valence-electron chi connectivity index (χ3n) is 3.00. The van der Waals surface area contributed by atoms with E-state index < -0.39 is 0 Å². The number of carbonyl (C=O) groups excluding carboxylic acids is 1. The number of halogens is 2. The van der Waals surface area contributed by atoms with Crippen LogP contribution in [0.4, 0.5) is 0 Å². The van der Waals surface area contributed by atoms with Crippen molar-refractivity contribution in [2.45, 2.75) is 5.75 Å². The van der Waals surface area contributed by atoms with Crippen molar-refractivity contribution in [1.82, 2.24) is 5.32 Å². The summed E-state index contributed by atoms with van der Waals surface area (Å²) in [6, 6.07) is 15.1. The molecule has 2 aromatic rings. The van der Waals surface area contributed by atoms with Crippen molar-refractivity contribution in [2.24, 2.45) is 0 Å². The molecule has 0 radical (unpaired) electrons. The maximum Gasteiger partial charge on any atom is 0.244 e. The van der Waals surface area contributed by atoms with Crippen LogP contribution in [-0.4, -0.2) is 18.2 Å². The van der Waals surface area contributed by atoms with Crippen molar-refractivity contribution in [2.75, 3.05) is 12.3 Å². The second-order valence-corrected chi connectivity index (χ2v) is 6.84. The van der Waals surface area contributed by atoms with Crippen LogP contribution >= 0.6 is 35.0 Å². The molecule has 0 bridgehead atoms. The van der Waals surface area contributed by atoms with E-state index in [1.807, 2.05) is 36.4 Å². The van der Waals surface area contributed by atoms with Crippen LogP contribution in [-0.2, 0) is 10.5 Å². The van der Waals surface area contributed by atoms with Gasteiger partial charge in [0, 0.05) is 34.2 Å². The molecule has 0 saturated heterocycles. The fourth-order valence-electron chi connectivity index (χ4n) is 1.87. The molecule has 23 heavy (non-hydrogen) atoms. The van der Waals surface area contributed by atoms with E-state index in [1.54, 1.807) is 30.0 Å². The molecule has 0 aliphatic carbocycles. The van der Waals surface area contributed by atoms with Crippen molar-refractivity contribution >= 4 is 46.9 Å². The van der Waals surface area contributed by atoms with Gasteiger partial charge in [0.2, 0.25) is 5.91 Å². The molecule has 0 unspecified atom stereocenters. The fourth-order valence-corrected chi connectivity index (χ4v) is 3.01. The maximum absolute atomic E-state index is 11.7. The Labute approximate surface area is 150 Å². The topological polar surface area (TPSA) is 29.1 Å². The Morgan fingerprint density at radius 2 is 1.87 bits per heavy atom.